The Morgan fingerprint density at radius 2 is 1.97 bits per heavy atom. The lowest BCUT2D eigenvalue weighted by molar-refractivity contribution is 0.102. The van der Waals surface area contributed by atoms with Crippen LogP contribution in [0.3, 0.4) is 0 Å². The number of aryl methyl sites for hydroxylation is 1. The number of nitrogens with zero attached hydrogens (tertiary/aromatic N) is 5. The van der Waals surface area contributed by atoms with Crippen molar-refractivity contribution >= 4 is 22.9 Å². The zero-order valence-corrected chi connectivity index (χ0v) is 17.2. The topological polar surface area (TPSA) is 77.6 Å². The largest absolute Gasteiger partial charge is 0.307 e. The zero-order chi connectivity index (χ0) is 20.7. The van der Waals surface area contributed by atoms with E-state index >= 15 is 0 Å². The molecule has 0 spiro atoms. The number of para-hydroxylation sites is 2. The number of imidazole rings is 1. The van der Waals surface area contributed by atoms with Crippen LogP contribution in [0.1, 0.15) is 47.8 Å². The molecule has 0 radical (unpaired) electrons. The molecule has 7 heteroatoms. The monoisotopic (exact) mass is 400 g/mol. The number of nitrogens with one attached hydrogen (secondary N) is 1. The number of amides is 1. The first-order valence-corrected chi connectivity index (χ1v) is 10.3. The van der Waals surface area contributed by atoms with Gasteiger partial charge in [-0.15, -0.1) is 0 Å². The van der Waals surface area contributed by atoms with E-state index in [0.717, 1.165) is 40.8 Å². The molecule has 3 heterocycles. The van der Waals surface area contributed by atoms with Crippen LogP contribution in [0.2, 0.25) is 0 Å². The summed E-state index contributed by atoms with van der Waals surface area (Å²) in [5, 5.41) is 7.33. The lowest BCUT2D eigenvalue weighted by Gasteiger charge is -2.16. The third-order valence-electron chi connectivity index (χ3n) is 6.04. The van der Waals surface area contributed by atoms with Crippen LogP contribution < -0.4 is 5.32 Å². The number of aromatic nitrogens is 5. The van der Waals surface area contributed by atoms with E-state index < -0.39 is 0 Å². The lowest BCUT2D eigenvalue weighted by atomic mass is 10.1. The van der Waals surface area contributed by atoms with Crippen LogP contribution in [0.4, 0.5) is 5.95 Å². The molecule has 1 N–H and O–H groups in total. The van der Waals surface area contributed by atoms with Crippen molar-refractivity contribution in [3.05, 3.63) is 60.0 Å². The smallest absolute Gasteiger partial charge is 0.258 e. The first kappa shape index (κ1) is 18.5. The van der Waals surface area contributed by atoms with Crippen molar-refractivity contribution < 1.29 is 4.79 Å². The molecule has 1 amide bonds. The van der Waals surface area contributed by atoms with Crippen LogP contribution in [0.15, 0.2) is 48.8 Å². The fraction of sp³-hybridized carbons (Fsp3) is 0.304. The van der Waals surface area contributed by atoms with Gasteiger partial charge in [0.25, 0.3) is 5.91 Å². The average molecular weight is 400 g/mol. The second-order valence-electron chi connectivity index (χ2n) is 7.88. The Morgan fingerprint density at radius 1 is 1.17 bits per heavy atom. The van der Waals surface area contributed by atoms with Crippen molar-refractivity contribution in [1.82, 2.24) is 24.3 Å². The van der Waals surface area contributed by atoms with Crippen molar-refractivity contribution in [3.8, 4) is 11.3 Å². The molecule has 1 fully saturated rings. The SMILES string of the molecule is Cc1c(-c2cc(C(=O)Nc3nc4ccccc4n3C3CCCC3)ccn2)cnn1C. The number of pyridine rings is 1. The standard InChI is InChI=1S/C23H24N6O/c1-15-18(14-25-28(15)2)20-13-16(11-12-24-20)22(30)27-23-26-19-9-5-6-10-21(19)29(23)17-7-3-4-8-17/h5-6,9-14,17H,3-4,7-8H2,1-2H3,(H,26,27,30). The number of benzene rings is 1. The molecule has 5 rings (SSSR count). The minimum Gasteiger partial charge on any atom is -0.307 e. The fourth-order valence-corrected chi connectivity index (χ4v) is 4.31. The summed E-state index contributed by atoms with van der Waals surface area (Å²) in [4.78, 5) is 22.3. The molecule has 0 unspecified atom stereocenters. The van der Waals surface area contributed by atoms with E-state index in [4.69, 9.17) is 4.98 Å². The van der Waals surface area contributed by atoms with Gasteiger partial charge < -0.3 is 4.57 Å². The van der Waals surface area contributed by atoms with E-state index in [0.29, 0.717) is 17.6 Å². The molecule has 0 saturated heterocycles. The Labute approximate surface area is 174 Å². The quantitative estimate of drug-likeness (QED) is 0.547. The minimum atomic E-state index is -0.185. The van der Waals surface area contributed by atoms with E-state index in [2.05, 4.69) is 26.0 Å². The predicted molar refractivity (Wildman–Crippen MR) is 116 cm³/mol. The number of hydrogen-bond acceptors (Lipinski definition) is 4. The summed E-state index contributed by atoms with van der Waals surface area (Å²) >= 11 is 0. The van der Waals surface area contributed by atoms with Gasteiger partial charge in [-0.3, -0.25) is 19.8 Å². The van der Waals surface area contributed by atoms with Crippen LogP contribution in [0.25, 0.3) is 22.3 Å². The number of rotatable bonds is 4. The summed E-state index contributed by atoms with van der Waals surface area (Å²) < 4.78 is 4.00. The number of hydrogen-bond donors (Lipinski definition) is 1. The first-order chi connectivity index (χ1) is 14.6. The Hall–Kier alpha value is -3.48. The predicted octanol–water partition coefficient (Wildman–Crippen LogP) is 4.51. The van der Waals surface area contributed by atoms with Gasteiger partial charge in [0.2, 0.25) is 5.95 Å². The van der Waals surface area contributed by atoms with Gasteiger partial charge in [0.1, 0.15) is 0 Å². The maximum atomic E-state index is 13.1. The van der Waals surface area contributed by atoms with Crippen molar-refractivity contribution in [2.75, 3.05) is 5.32 Å². The second kappa shape index (κ2) is 7.40. The molecule has 0 bridgehead atoms. The summed E-state index contributed by atoms with van der Waals surface area (Å²) in [6.07, 6.45) is 8.09. The first-order valence-electron chi connectivity index (χ1n) is 10.3. The molecule has 3 aromatic heterocycles. The molecular formula is C23H24N6O. The zero-order valence-electron chi connectivity index (χ0n) is 17.2. The molecule has 4 aromatic rings. The van der Waals surface area contributed by atoms with Crippen molar-refractivity contribution in [1.29, 1.82) is 0 Å². The van der Waals surface area contributed by atoms with Crippen LogP contribution in [0.5, 0.6) is 0 Å². The molecule has 7 nitrogen and oxygen atoms in total. The van der Waals surface area contributed by atoms with E-state index in [9.17, 15) is 4.79 Å². The Bertz CT molecular complexity index is 1230. The second-order valence-corrected chi connectivity index (χ2v) is 7.88. The summed E-state index contributed by atoms with van der Waals surface area (Å²) in [7, 11) is 1.89. The van der Waals surface area contributed by atoms with E-state index in [-0.39, 0.29) is 5.91 Å². The van der Waals surface area contributed by atoms with Gasteiger partial charge in [-0.25, -0.2) is 4.98 Å². The summed E-state index contributed by atoms with van der Waals surface area (Å²) in [6.45, 7) is 1.99. The number of anilines is 1. The number of carbonyl (C=O) groups excluding carboxylic acids is 1. The summed E-state index contributed by atoms with van der Waals surface area (Å²) in [5.41, 5.74) is 5.18. The summed E-state index contributed by atoms with van der Waals surface area (Å²) in [5.74, 6) is 0.429. The highest BCUT2D eigenvalue weighted by Crippen LogP contribution is 2.35. The Kier molecular flexibility index (Phi) is 4.58. The minimum absolute atomic E-state index is 0.185. The number of fused-ring (bicyclic) bond motifs is 1. The van der Waals surface area contributed by atoms with Gasteiger partial charge in [-0.05, 0) is 44.0 Å². The summed E-state index contributed by atoms with van der Waals surface area (Å²) in [6, 6.07) is 12.0. The van der Waals surface area contributed by atoms with Gasteiger partial charge in [-0.2, -0.15) is 5.10 Å². The lowest BCUT2D eigenvalue weighted by Crippen LogP contribution is -2.18. The van der Waals surface area contributed by atoms with Crippen molar-refractivity contribution in [2.45, 2.75) is 38.6 Å². The van der Waals surface area contributed by atoms with Gasteiger partial charge in [0.05, 0.1) is 22.9 Å². The normalized spacial score (nSPS) is 14.5. The number of carbonyl (C=O) groups is 1. The Balaban J connectivity index is 1.49. The molecular weight excluding hydrogens is 376 g/mol. The van der Waals surface area contributed by atoms with E-state index in [1.165, 1.54) is 12.8 Å². The van der Waals surface area contributed by atoms with E-state index in [1.54, 1.807) is 23.1 Å². The van der Waals surface area contributed by atoms with Gasteiger partial charge in [0.15, 0.2) is 0 Å². The third-order valence-corrected chi connectivity index (χ3v) is 6.04. The van der Waals surface area contributed by atoms with Gasteiger partial charge in [-0.1, -0.05) is 25.0 Å². The molecule has 1 aromatic carbocycles. The molecule has 0 atom stereocenters. The van der Waals surface area contributed by atoms with E-state index in [1.807, 2.05) is 38.2 Å². The van der Waals surface area contributed by atoms with Gasteiger partial charge in [0, 0.05) is 36.1 Å². The molecule has 0 aliphatic heterocycles. The average Bonchev–Trinajstić information content (AvgIpc) is 3.48. The van der Waals surface area contributed by atoms with Crippen LogP contribution >= 0.6 is 0 Å². The molecule has 1 saturated carbocycles. The molecule has 1 aliphatic rings. The maximum Gasteiger partial charge on any atom is 0.258 e. The van der Waals surface area contributed by atoms with Gasteiger partial charge >= 0.3 is 0 Å². The maximum absolute atomic E-state index is 13.1. The third kappa shape index (κ3) is 3.16. The highest BCUT2D eigenvalue weighted by atomic mass is 16.1. The molecule has 30 heavy (non-hydrogen) atoms. The fourth-order valence-electron chi connectivity index (χ4n) is 4.31. The van der Waals surface area contributed by atoms with Crippen LogP contribution in [-0.2, 0) is 7.05 Å². The van der Waals surface area contributed by atoms with Crippen LogP contribution in [0, 0.1) is 6.92 Å². The van der Waals surface area contributed by atoms with Crippen LogP contribution in [-0.4, -0.2) is 30.2 Å². The highest BCUT2D eigenvalue weighted by Gasteiger charge is 2.24. The Morgan fingerprint density at radius 3 is 2.73 bits per heavy atom. The van der Waals surface area contributed by atoms with Crippen molar-refractivity contribution in [3.63, 3.8) is 0 Å². The molecule has 1 aliphatic carbocycles. The molecule has 152 valence electrons. The highest BCUT2D eigenvalue weighted by molar-refractivity contribution is 6.04. The van der Waals surface area contributed by atoms with Crippen molar-refractivity contribution in [2.24, 2.45) is 7.05 Å².